The largest absolute Gasteiger partial charge is 0.494 e. The Kier molecular flexibility index (Phi) is 5.46. The van der Waals surface area contributed by atoms with Gasteiger partial charge in [0.15, 0.2) is 0 Å². The molecule has 2 aromatic carbocycles. The summed E-state index contributed by atoms with van der Waals surface area (Å²) in [6, 6.07) is 14.8. The Balaban J connectivity index is 1.59. The van der Waals surface area contributed by atoms with Crippen LogP contribution in [0.25, 0.3) is 21.9 Å². The zero-order valence-electron chi connectivity index (χ0n) is 17.7. The van der Waals surface area contributed by atoms with Gasteiger partial charge >= 0.3 is 0 Å². The fourth-order valence-corrected chi connectivity index (χ4v) is 5.42. The number of nitrogens with zero attached hydrogens (tertiary/aromatic N) is 2. The molecule has 32 heavy (non-hydrogen) atoms. The highest BCUT2D eigenvalue weighted by Gasteiger charge is 2.27. The van der Waals surface area contributed by atoms with Crippen LogP contribution < -0.4 is 10.1 Å². The summed E-state index contributed by atoms with van der Waals surface area (Å²) >= 11 is 0. The van der Waals surface area contributed by atoms with E-state index in [9.17, 15) is 8.42 Å². The van der Waals surface area contributed by atoms with Gasteiger partial charge in [-0.3, -0.25) is 0 Å². The zero-order chi connectivity index (χ0) is 22.1. The normalized spacial score (nSPS) is 15.3. The number of nitrogens with one attached hydrogen (secondary N) is 2. The lowest BCUT2D eigenvalue weighted by Gasteiger charge is -2.26. The molecule has 1 saturated heterocycles. The number of H-pyrrole nitrogens is 1. The maximum Gasteiger partial charge on any atom is 0.243 e. The Morgan fingerprint density at radius 3 is 2.81 bits per heavy atom. The van der Waals surface area contributed by atoms with Gasteiger partial charge in [-0.1, -0.05) is 6.07 Å². The molecule has 9 heteroatoms. The number of aromatic nitrogens is 2. The molecule has 1 aliphatic heterocycles. The van der Waals surface area contributed by atoms with E-state index in [4.69, 9.17) is 9.47 Å². The van der Waals surface area contributed by atoms with Crippen molar-refractivity contribution in [2.45, 2.75) is 11.8 Å². The van der Waals surface area contributed by atoms with E-state index in [1.165, 1.54) is 4.31 Å². The predicted octanol–water partition coefficient (Wildman–Crippen LogP) is 3.88. The van der Waals surface area contributed by atoms with E-state index >= 15 is 0 Å². The fourth-order valence-electron chi connectivity index (χ4n) is 3.98. The van der Waals surface area contributed by atoms with Gasteiger partial charge in [-0.2, -0.15) is 4.31 Å². The molecule has 4 aromatic rings. The lowest BCUT2D eigenvalue weighted by molar-refractivity contribution is 0.0730. The van der Waals surface area contributed by atoms with Crippen molar-refractivity contribution in [3.8, 4) is 5.75 Å². The van der Waals surface area contributed by atoms with Gasteiger partial charge in [-0.25, -0.2) is 13.4 Å². The van der Waals surface area contributed by atoms with Crippen LogP contribution in [0.1, 0.15) is 6.92 Å². The molecule has 0 unspecified atom stereocenters. The molecular formula is C23H24N4O4S. The fraction of sp³-hybridized carbons (Fsp3) is 0.261. The van der Waals surface area contributed by atoms with Crippen molar-refractivity contribution in [3.05, 3.63) is 54.7 Å². The number of pyridine rings is 1. The van der Waals surface area contributed by atoms with E-state index in [1.807, 2.05) is 37.3 Å². The molecule has 2 aromatic heterocycles. The number of rotatable bonds is 6. The lowest BCUT2D eigenvalue weighted by atomic mass is 10.1. The summed E-state index contributed by atoms with van der Waals surface area (Å²) in [5.74, 6) is 0.778. The second-order valence-corrected chi connectivity index (χ2v) is 9.45. The molecule has 0 radical (unpaired) electrons. The van der Waals surface area contributed by atoms with Gasteiger partial charge in [0.2, 0.25) is 10.0 Å². The number of morpholine rings is 1. The van der Waals surface area contributed by atoms with E-state index in [2.05, 4.69) is 15.3 Å². The smallest absolute Gasteiger partial charge is 0.243 e. The topological polar surface area (TPSA) is 96.5 Å². The molecule has 1 aliphatic rings. The number of sulfonamides is 1. The highest BCUT2D eigenvalue weighted by molar-refractivity contribution is 7.89. The summed E-state index contributed by atoms with van der Waals surface area (Å²) < 4.78 is 38.7. The molecule has 0 aliphatic carbocycles. The molecule has 0 amide bonds. The van der Waals surface area contributed by atoms with Crippen LogP contribution in [0.15, 0.2) is 59.6 Å². The monoisotopic (exact) mass is 452 g/mol. The first-order chi connectivity index (χ1) is 15.6. The van der Waals surface area contributed by atoms with Crippen LogP contribution in [0.4, 0.5) is 11.4 Å². The second-order valence-electron chi connectivity index (χ2n) is 7.52. The first-order valence-corrected chi connectivity index (χ1v) is 12.0. The van der Waals surface area contributed by atoms with Crippen LogP contribution in [0.3, 0.4) is 0 Å². The van der Waals surface area contributed by atoms with Crippen molar-refractivity contribution in [2.75, 3.05) is 38.2 Å². The molecule has 5 rings (SSSR count). The molecule has 2 N–H and O–H groups in total. The zero-order valence-corrected chi connectivity index (χ0v) is 18.5. The van der Waals surface area contributed by atoms with Crippen LogP contribution in [0.5, 0.6) is 5.75 Å². The summed E-state index contributed by atoms with van der Waals surface area (Å²) in [6.07, 6.45) is 1.72. The van der Waals surface area contributed by atoms with E-state index < -0.39 is 10.0 Å². The Hall–Kier alpha value is -3.14. The van der Waals surface area contributed by atoms with Crippen molar-refractivity contribution in [1.82, 2.24) is 14.3 Å². The van der Waals surface area contributed by atoms with Gasteiger partial charge in [0.05, 0.1) is 35.8 Å². The minimum absolute atomic E-state index is 0.265. The maximum absolute atomic E-state index is 13.2. The first kappa shape index (κ1) is 20.7. The number of aromatic amines is 1. The van der Waals surface area contributed by atoms with E-state index in [1.54, 1.807) is 24.4 Å². The van der Waals surface area contributed by atoms with Crippen molar-refractivity contribution in [1.29, 1.82) is 0 Å². The summed E-state index contributed by atoms with van der Waals surface area (Å²) in [6.45, 7) is 4.07. The van der Waals surface area contributed by atoms with E-state index in [0.717, 1.165) is 33.4 Å². The summed E-state index contributed by atoms with van der Waals surface area (Å²) in [7, 11) is -3.60. The van der Waals surface area contributed by atoms with Crippen molar-refractivity contribution >= 4 is 43.3 Å². The molecular weight excluding hydrogens is 428 g/mol. The average molecular weight is 453 g/mol. The molecule has 0 atom stereocenters. The summed E-state index contributed by atoms with van der Waals surface area (Å²) in [4.78, 5) is 8.01. The van der Waals surface area contributed by atoms with Crippen molar-refractivity contribution in [2.24, 2.45) is 0 Å². The summed E-state index contributed by atoms with van der Waals surface area (Å²) in [5, 5.41) is 5.06. The molecule has 3 heterocycles. The molecule has 8 nitrogen and oxygen atoms in total. The van der Waals surface area contributed by atoms with Gasteiger partial charge in [0.25, 0.3) is 0 Å². The molecule has 0 spiro atoms. The van der Waals surface area contributed by atoms with Gasteiger partial charge in [-0.05, 0) is 43.3 Å². The Morgan fingerprint density at radius 1 is 1.16 bits per heavy atom. The number of anilines is 2. The maximum atomic E-state index is 13.2. The molecule has 1 fully saturated rings. The van der Waals surface area contributed by atoms with Crippen LogP contribution in [0, 0.1) is 0 Å². The van der Waals surface area contributed by atoms with Gasteiger partial charge in [0.1, 0.15) is 11.4 Å². The third-order valence-corrected chi connectivity index (χ3v) is 7.39. The minimum atomic E-state index is -3.60. The van der Waals surface area contributed by atoms with Crippen LogP contribution >= 0.6 is 0 Å². The number of benzene rings is 2. The third kappa shape index (κ3) is 3.79. The van der Waals surface area contributed by atoms with Gasteiger partial charge in [-0.15, -0.1) is 0 Å². The molecule has 166 valence electrons. The average Bonchev–Trinajstić information content (AvgIpc) is 3.19. The molecule has 0 bridgehead atoms. The quantitative estimate of drug-likeness (QED) is 0.461. The summed E-state index contributed by atoms with van der Waals surface area (Å²) in [5.41, 5.74) is 3.21. The number of ether oxygens (including phenoxy) is 2. The van der Waals surface area contributed by atoms with Crippen LogP contribution in [-0.4, -0.2) is 55.6 Å². The Bertz CT molecular complexity index is 1380. The lowest BCUT2D eigenvalue weighted by Crippen LogP contribution is -2.40. The van der Waals surface area contributed by atoms with E-state index in [0.29, 0.717) is 38.6 Å². The van der Waals surface area contributed by atoms with E-state index in [-0.39, 0.29) is 4.90 Å². The highest BCUT2D eigenvalue weighted by atomic mass is 32.2. The SMILES string of the molecule is CCOc1cccc(Nc2ccnc3[nH]c4ccc(S(=O)(=O)N5CCOCC5)cc4c23)c1. The predicted molar refractivity (Wildman–Crippen MR) is 124 cm³/mol. The van der Waals surface area contributed by atoms with Crippen molar-refractivity contribution < 1.29 is 17.9 Å². The Labute approximate surface area is 186 Å². The van der Waals surface area contributed by atoms with Crippen LogP contribution in [-0.2, 0) is 14.8 Å². The van der Waals surface area contributed by atoms with Gasteiger partial charge < -0.3 is 19.8 Å². The number of fused-ring (bicyclic) bond motifs is 3. The number of hydrogen-bond donors (Lipinski definition) is 2. The van der Waals surface area contributed by atoms with Crippen molar-refractivity contribution in [3.63, 3.8) is 0 Å². The third-order valence-electron chi connectivity index (χ3n) is 5.50. The minimum Gasteiger partial charge on any atom is -0.494 e. The first-order valence-electron chi connectivity index (χ1n) is 10.5. The molecule has 0 saturated carbocycles. The standard InChI is InChI=1S/C23H24N4O4S/c1-2-31-17-5-3-4-16(14-17)25-21-8-9-24-23-22(21)19-15-18(6-7-20(19)26-23)32(28,29)27-10-12-30-13-11-27/h3-9,14-15H,2,10-13H2,1H3,(H2,24,25,26). The second kappa shape index (κ2) is 8.42. The number of hydrogen-bond acceptors (Lipinski definition) is 6. The highest BCUT2D eigenvalue weighted by Crippen LogP contribution is 2.34. The van der Waals surface area contributed by atoms with Crippen LogP contribution in [0.2, 0.25) is 0 Å². The Morgan fingerprint density at radius 2 is 2.00 bits per heavy atom. The van der Waals surface area contributed by atoms with Gasteiger partial charge in [0, 0.05) is 41.9 Å².